The number of ether oxygens (including phenoxy) is 2. The fraction of sp³-hybridized carbons (Fsp3) is 0.429. The zero-order chi connectivity index (χ0) is 16.0. The second-order valence-corrected chi connectivity index (χ2v) is 4.54. The van der Waals surface area contributed by atoms with Crippen LogP contribution in [0.4, 0.5) is 0 Å². The maximum Gasteiger partial charge on any atom is 0.305 e. The van der Waals surface area contributed by atoms with Crippen LogP contribution >= 0.6 is 0 Å². The Morgan fingerprint density at radius 3 is 2.52 bits per heavy atom. The first kappa shape index (κ1) is 16.8. The molecule has 1 aromatic rings. The largest absolute Gasteiger partial charge is 0.497 e. The molecule has 1 rings (SSSR count). The van der Waals surface area contributed by atoms with Crippen LogP contribution in [0.15, 0.2) is 18.2 Å². The van der Waals surface area contributed by atoms with Crippen molar-refractivity contribution in [2.75, 3.05) is 14.2 Å². The van der Waals surface area contributed by atoms with E-state index in [-0.39, 0.29) is 6.04 Å². The fourth-order valence-electron chi connectivity index (χ4n) is 1.86. The van der Waals surface area contributed by atoms with Crippen molar-refractivity contribution in [3.05, 3.63) is 23.8 Å². The Balaban J connectivity index is 2.81. The molecule has 2 unspecified atom stereocenters. The standard InChI is InChI=1S/C14H20N2O5/c1-8(16-14(19)11(15)7-13(17)18)10-5-4-9(20-2)6-12(10)21-3/h4-6,8,11H,7,15H2,1-3H3,(H,16,19)(H,17,18). The molecule has 0 spiro atoms. The number of rotatable bonds is 7. The zero-order valence-corrected chi connectivity index (χ0v) is 12.3. The summed E-state index contributed by atoms with van der Waals surface area (Å²) >= 11 is 0. The predicted octanol–water partition coefficient (Wildman–Crippen LogP) is 0.683. The fourth-order valence-corrected chi connectivity index (χ4v) is 1.86. The molecule has 0 saturated carbocycles. The Morgan fingerprint density at radius 1 is 1.33 bits per heavy atom. The minimum absolute atomic E-state index is 0.377. The van der Waals surface area contributed by atoms with Gasteiger partial charge in [0.15, 0.2) is 0 Å². The van der Waals surface area contributed by atoms with Crippen molar-refractivity contribution in [1.82, 2.24) is 5.32 Å². The van der Waals surface area contributed by atoms with E-state index in [0.717, 1.165) is 5.56 Å². The van der Waals surface area contributed by atoms with E-state index in [1.165, 1.54) is 7.11 Å². The molecule has 0 fully saturated rings. The van der Waals surface area contributed by atoms with Crippen molar-refractivity contribution in [3.8, 4) is 11.5 Å². The molecule has 1 aromatic carbocycles. The molecule has 2 atom stereocenters. The van der Waals surface area contributed by atoms with Crippen molar-refractivity contribution in [3.63, 3.8) is 0 Å². The summed E-state index contributed by atoms with van der Waals surface area (Å²) in [6.45, 7) is 1.76. The van der Waals surface area contributed by atoms with Gasteiger partial charge in [-0.3, -0.25) is 9.59 Å². The first-order valence-electron chi connectivity index (χ1n) is 6.38. The second-order valence-electron chi connectivity index (χ2n) is 4.54. The number of carboxylic acids is 1. The van der Waals surface area contributed by atoms with Crippen LogP contribution in [0.2, 0.25) is 0 Å². The molecule has 7 heteroatoms. The van der Waals surface area contributed by atoms with Gasteiger partial charge in [-0.1, -0.05) is 0 Å². The highest BCUT2D eigenvalue weighted by atomic mass is 16.5. The minimum Gasteiger partial charge on any atom is -0.497 e. The van der Waals surface area contributed by atoms with E-state index in [9.17, 15) is 9.59 Å². The number of nitrogens with two attached hydrogens (primary N) is 1. The van der Waals surface area contributed by atoms with Crippen LogP contribution in [0.3, 0.4) is 0 Å². The molecule has 0 saturated heterocycles. The van der Waals surface area contributed by atoms with E-state index < -0.39 is 24.3 Å². The lowest BCUT2D eigenvalue weighted by atomic mass is 10.1. The zero-order valence-electron chi connectivity index (χ0n) is 12.3. The molecule has 1 amide bonds. The molecule has 21 heavy (non-hydrogen) atoms. The average Bonchev–Trinajstić information content (AvgIpc) is 2.45. The molecule has 0 aliphatic heterocycles. The summed E-state index contributed by atoms with van der Waals surface area (Å²) < 4.78 is 10.4. The highest BCUT2D eigenvalue weighted by Gasteiger charge is 2.21. The number of benzene rings is 1. The van der Waals surface area contributed by atoms with Gasteiger partial charge in [0.1, 0.15) is 11.5 Å². The number of nitrogens with one attached hydrogen (secondary N) is 1. The van der Waals surface area contributed by atoms with Crippen LogP contribution in [0, 0.1) is 0 Å². The molecule has 0 aliphatic rings. The maximum atomic E-state index is 11.8. The molecule has 0 bridgehead atoms. The van der Waals surface area contributed by atoms with Crippen LogP contribution in [0.5, 0.6) is 11.5 Å². The van der Waals surface area contributed by atoms with Crippen LogP contribution in [-0.2, 0) is 9.59 Å². The first-order valence-corrected chi connectivity index (χ1v) is 6.38. The van der Waals surface area contributed by atoms with Crippen molar-refractivity contribution in [2.24, 2.45) is 5.73 Å². The third-order valence-electron chi connectivity index (χ3n) is 3.00. The van der Waals surface area contributed by atoms with E-state index >= 15 is 0 Å². The predicted molar refractivity (Wildman–Crippen MR) is 76.3 cm³/mol. The number of carboxylic acid groups (broad SMARTS) is 1. The van der Waals surface area contributed by atoms with Crippen molar-refractivity contribution < 1.29 is 24.2 Å². The smallest absolute Gasteiger partial charge is 0.305 e. The molecule has 0 heterocycles. The van der Waals surface area contributed by atoms with Gasteiger partial charge in [-0.2, -0.15) is 0 Å². The summed E-state index contributed by atoms with van der Waals surface area (Å²) in [5.74, 6) is -0.444. The van der Waals surface area contributed by atoms with E-state index in [4.69, 9.17) is 20.3 Å². The molecule has 4 N–H and O–H groups in total. The Morgan fingerprint density at radius 2 is 2.00 bits per heavy atom. The van der Waals surface area contributed by atoms with Gasteiger partial charge >= 0.3 is 5.97 Å². The Bertz CT molecular complexity index is 518. The molecule has 116 valence electrons. The van der Waals surface area contributed by atoms with E-state index in [1.807, 2.05) is 0 Å². The monoisotopic (exact) mass is 296 g/mol. The SMILES string of the molecule is COc1ccc(C(C)NC(=O)C(N)CC(=O)O)c(OC)c1. The highest BCUT2D eigenvalue weighted by Crippen LogP contribution is 2.29. The van der Waals surface area contributed by atoms with Gasteiger partial charge in [0.25, 0.3) is 0 Å². The van der Waals surface area contributed by atoms with Gasteiger partial charge in [0.2, 0.25) is 5.91 Å². The van der Waals surface area contributed by atoms with E-state index in [2.05, 4.69) is 5.32 Å². The molecule has 7 nitrogen and oxygen atoms in total. The molecule has 0 aliphatic carbocycles. The molecular formula is C14H20N2O5. The molecular weight excluding hydrogens is 276 g/mol. The minimum atomic E-state index is -1.12. The number of carbonyl (C=O) groups is 2. The molecule has 0 aromatic heterocycles. The Hall–Kier alpha value is -2.28. The Kier molecular flexibility index (Phi) is 5.98. The van der Waals surface area contributed by atoms with E-state index in [0.29, 0.717) is 11.5 Å². The summed E-state index contributed by atoms with van der Waals surface area (Å²) in [5, 5.41) is 11.3. The average molecular weight is 296 g/mol. The quantitative estimate of drug-likeness (QED) is 0.682. The Labute approximate surface area is 123 Å². The maximum absolute atomic E-state index is 11.8. The van der Waals surface area contributed by atoms with Crippen molar-refractivity contribution in [1.29, 1.82) is 0 Å². The van der Waals surface area contributed by atoms with Crippen LogP contribution in [0.1, 0.15) is 24.9 Å². The number of carbonyl (C=O) groups excluding carboxylic acids is 1. The van der Waals surface area contributed by atoms with Crippen LogP contribution < -0.4 is 20.5 Å². The first-order chi connectivity index (χ1) is 9.88. The number of amides is 1. The van der Waals surface area contributed by atoms with Gasteiger partial charge < -0.3 is 25.6 Å². The summed E-state index contributed by atoms with van der Waals surface area (Å²) in [7, 11) is 3.06. The second kappa shape index (κ2) is 7.49. The topological polar surface area (TPSA) is 111 Å². The van der Waals surface area contributed by atoms with Crippen molar-refractivity contribution in [2.45, 2.75) is 25.4 Å². The number of hydrogen-bond donors (Lipinski definition) is 3. The van der Waals surface area contributed by atoms with Crippen LogP contribution in [0.25, 0.3) is 0 Å². The lowest BCUT2D eigenvalue weighted by Crippen LogP contribution is -2.42. The highest BCUT2D eigenvalue weighted by molar-refractivity contribution is 5.86. The van der Waals surface area contributed by atoms with Crippen molar-refractivity contribution >= 4 is 11.9 Å². The lowest BCUT2D eigenvalue weighted by Gasteiger charge is -2.19. The van der Waals surface area contributed by atoms with Gasteiger partial charge in [-0.15, -0.1) is 0 Å². The third kappa shape index (κ3) is 4.64. The summed E-state index contributed by atoms with van der Waals surface area (Å²) in [6.07, 6.45) is -0.418. The number of methoxy groups -OCH3 is 2. The summed E-state index contributed by atoms with van der Waals surface area (Å²) in [4.78, 5) is 22.4. The number of aliphatic carboxylic acids is 1. The van der Waals surface area contributed by atoms with Gasteiger partial charge in [-0.05, 0) is 19.1 Å². The summed E-state index contributed by atoms with van der Waals surface area (Å²) in [5.41, 5.74) is 6.26. The van der Waals surface area contributed by atoms with E-state index in [1.54, 1.807) is 32.2 Å². The van der Waals surface area contributed by atoms with Gasteiger partial charge in [0.05, 0.1) is 32.7 Å². The molecule has 0 radical (unpaired) electrons. The normalized spacial score (nSPS) is 13.1. The lowest BCUT2D eigenvalue weighted by molar-refractivity contribution is -0.139. The van der Waals surface area contributed by atoms with Gasteiger partial charge in [0, 0.05) is 11.6 Å². The summed E-state index contributed by atoms with van der Waals surface area (Å²) in [6, 6.07) is 3.76. The third-order valence-corrected chi connectivity index (χ3v) is 3.00. The van der Waals surface area contributed by atoms with Crippen LogP contribution in [-0.4, -0.2) is 37.2 Å². The van der Waals surface area contributed by atoms with Gasteiger partial charge in [-0.25, -0.2) is 0 Å². The number of hydrogen-bond acceptors (Lipinski definition) is 5.